The third-order valence-corrected chi connectivity index (χ3v) is 6.81. The number of thiazole rings is 1. The highest BCUT2D eigenvalue weighted by Crippen LogP contribution is 2.30. The number of rotatable bonds is 10. The average molecular weight is 583 g/mol. The second-order valence-corrected chi connectivity index (χ2v) is 11.1. The minimum Gasteiger partial charge on any atom is -0.493 e. The first-order valence-corrected chi connectivity index (χ1v) is 15.4. The van der Waals surface area contributed by atoms with Gasteiger partial charge in [0.15, 0.2) is 5.13 Å². The lowest BCUT2D eigenvalue weighted by molar-refractivity contribution is 0.314. The summed E-state index contributed by atoms with van der Waals surface area (Å²) in [5.41, 5.74) is 13.3. The number of halogens is 1. The Morgan fingerprint density at radius 2 is 1.68 bits per heavy atom. The Balaban J connectivity index is 0.000000274. The van der Waals surface area contributed by atoms with Crippen LogP contribution >= 0.6 is 11.3 Å². The second kappa shape index (κ2) is 17.6. The van der Waals surface area contributed by atoms with Gasteiger partial charge in [-0.05, 0) is 67.5 Å². The van der Waals surface area contributed by atoms with Crippen LogP contribution in [0.3, 0.4) is 0 Å². The lowest BCUT2D eigenvalue weighted by Gasteiger charge is -2.13. The first-order valence-electron chi connectivity index (χ1n) is 14.6. The van der Waals surface area contributed by atoms with E-state index < -0.39 is 0 Å². The van der Waals surface area contributed by atoms with E-state index >= 15 is 0 Å². The molecule has 0 saturated carbocycles. The van der Waals surface area contributed by atoms with E-state index in [9.17, 15) is 4.39 Å². The molecule has 0 unspecified atom stereocenters. The molecule has 0 fully saturated rings. The smallest absolute Gasteiger partial charge is 0.182 e. The molecule has 1 aromatic carbocycles. The summed E-state index contributed by atoms with van der Waals surface area (Å²) in [7, 11) is 0. The van der Waals surface area contributed by atoms with E-state index in [1.54, 1.807) is 0 Å². The van der Waals surface area contributed by atoms with Gasteiger partial charge in [-0.3, -0.25) is 0 Å². The summed E-state index contributed by atoms with van der Waals surface area (Å²) in [5.74, 6) is 2.15. The van der Waals surface area contributed by atoms with Crippen molar-refractivity contribution in [3.8, 4) is 16.9 Å². The number of nitrogens with two attached hydrogens (primary N) is 1. The quantitative estimate of drug-likeness (QED) is 0.183. The maximum atomic E-state index is 11.9. The van der Waals surface area contributed by atoms with Crippen LogP contribution in [-0.2, 0) is 13.0 Å². The maximum absolute atomic E-state index is 11.9. The normalized spacial score (nSPS) is 10.7. The SMILES string of the molecule is CCC.CCCOc1ccc(-c2cnc3sc(N)nc3c2)cc1CC.Cc1nc(CNCCF)nc(C)c1C(C)C. The van der Waals surface area contributed by atoms with Gasteiger partial charge in [-0.1, -0.05) is 65.4 Å². The number of benzene rings is 1. The van der Waals surface area contributed by atoms with Crippen molar-refractivity contribution in [2.75, 3.05) is 25.6 Å². The van der Waals surface area contributed by atoms with Crippen LogP contribution in [0.1, 0.15) is 88.6 Å². The van der Waals surface area contributed by atoms with E-state index in [-0.39, 0.29) is 6.67 Å². The molecule has 0 saturated heterocycles. The molecular formula is C32H47FN6OS. The van der Waals surface area contributed by atoms with Crippen LogP contribution in [0.15, 0.2) is 30.5 Å². The number of alkyl halides is 1. The van der Waals surface area contributed by atoms with Crippen LogP contribution in [0.25, 0.3) is 21.5 Å². The summed E-state index contributed by atoms with van der Waals surface area (Å²) in [6.07, 6.45) is 5.07. The maximum Gasteiger partial charge on any atom is 0.182 e. The first-order chi connectivity index (χ1) is 19.7. The van der Waals surface area contributed by atoms with Crippen molar-refractivity contribution < 1.29 is 9.13 Å². The average Bonchev–Trinajstić information content (AvgIpc) is 3.31. The summed E-state index contributed by atoms with van der Waals surface area (Å²) in [5, 5.41) is 3.51. The Bertz CT molecular complexity index is 1330. The summed E-state index contributed by atoms with van der Waals surface area (Å²) in [4.78, 5) is 18.5. The molecule has 0 aliphatic carbocycles. The van der Waals surface area contributed by atoms with Gasteiger partial charge in [0.1, 0.15) is 28.6 Å². The number of nitrogens with zero attached hydrogens (tertiary/aromatic N) is 4. The van der Waals surface area contributed by atoms with Gasteiger partial charge in [0.25, 0.3) is 0 Å². The van der Waals surface area contributed by atoms with Gasteiger partial charge in [-0.2, -0.15) is 0 Å². The molecule has 0 radical (unpaired) electrons. The van der Waals surface area contributed by atoms with Crippen LogP contribution < -0.4 is 15.8 Å². The molecule has 4 rings (SSSR count). The number of nitrogen functional groups attached to an aromatic ring is 1. The van der Waals surface area contributed by atoms with E-state index in [4.69, 9.17) is 10.5 Å². The number of pyridine rings is 1. The predicted molar refractivity (Wildman–Crippen MR) is 172 cm³/mol. The van der Waals surface area contributed by atoms with E-state index in [2.05, 4.69) is 78.9 Å². The lowest BCUT2D eigenvalue weighted by Crippen LogP contribution is -2.19. The fourth-order valence-electron chi connectivity index (χ4n) is 4.36. The Kier molecular flexibility index (Phi) is 14.6. The highest BCUT2D eigenvalue weighted by atomic mass is 32.1. The van der Waals surface area contributed by atoms with Crippen molar-refractivity contribution in [3.63, 3.8) is 0 Å². The zero-order valence-electron chi connectivity index (χ0n) is 26.0. The number of hydrogen-bond acceptors (Lipinski definition) is 8. The molecule has 3 heterocycles. The fourth-order valence-corrected chi connectivity index (χ4v) is 5.02. The first kappa shape index (κ1) is 34.0. The van der Waals surface area contributed by atoms with Gasteiger partial charge in [0, 0.05) is 29.7 Å². The van der Waals surface area contributed by atoms with Gasteiger partial charge < -0.3 is 15.8 Å². The second-order valence-electron chi connectivity index (χ2n) is 10.1. The Morgan fingerprint density at radius 3 is 2.27 bits per heavy atom. The van der Waals surface area contributed by atoms with Gasteiger partial charge >= 0.3 is 0 Å². The van der Waals surface area contributed by atoms with Crippen molar-refractivity contribution in [3.05, 3.63) is 58.8 Å². The minimum atomic E-state index is -0.359. The van der Waals surface area contributed by atoms with E-state index in [1.807, 2.05) is 32.2 Å². The third-order valence-electron chi connectivity index (χ3n) is 6.01. The number of aromatic nitrogens is 4. The third kappa shape index (κ3) is 10.3. The molecule has 41 heavy (non-hydrogen) atoms. The molecule has 0 spiro atoms. The monoisotopic (exact) mass is 582 g/mol. The molecular weight excluding hydrogens is 535 g/mol. The molecule has 3 N–H and O–H groups in total. The molecule has 224 valence electrons. The summed E-state index contributed by atoms with van der Waals surface area (Å²) in [6.45, 7) is 18.1. The highest BCUT2D eigenvalue weighted by molar-refractivity contribution is 7.21. The van der Waals surface area contributed by atoms with Gasteiger partial charge in [0.05, 0.1) is 13.2 Å². The molecule has 0 bridgehead atoms. The fraction of sp³-hybridized carbons (Fsp3) is 0.500. The zero-order chi connectivity index (χ0) is 30.4. The molecule has 0 aliphatic heterocycles. The number of hydrogen-bond donors (Lipinski definition) is 2. The number of aryl methyl sites for hydroxylation is 3. The zero-order valence-corrected chi connectivity index (χ0v) is 26.8. The number of fused-ring (bicyclic) bond motifs is 1. The number of nitrogens with one attached hydrogen (secondary N) is 1. The summed E-state index contributed by atoms with van der Waals surface area (Å²) >= 11 is 1.41. The van der Waals surface area contributed by atoms with Crippen molar-refractivity contribution in [1.82, 2.24) is 25.3 Å². The van der Waals surface area contributed by atoms with E-state index in [1.165, 1.54) is 28.9 Å². The van der Waals surface area contributed by atoms with Crippen LogP contribution in [-0.4, -0.2) is 39.8 Å². The Hall–Kier alpha value is -3.17. The molecule has 3 aromatic heterocycles. The molecule has 9 heteroatoms. The topological polar surface area (TPSA) is 98.8 Å². The van der Waals surface area contributed by atoms with Crippen LogP contribution in [0.4, 0.5) is 9.52 Å². The summed E-state index contributed by atoms with van der Waals surface area (Å²) < 4.78 is 17.7. The number of ether oxygens (including phenoxy) is 1. The molecule has 0 aliphatic rings. The molecule has 0 atom stereocenters. The van der Waals surface area contributed by atoms with Crippen molar-refractivity contribution >= 4 is 26.8 Å². The Labute approximate surface area is 249 Å². The van der Waals surface area contributed by atoms with Gasteiger partial charge in [0.2, 0.25) is 0 Å². The van der Waals surface area contributed by atoms with Crippen LogP contribution in [0, 0.1) is 13.8 Å². The summed E-state index contributed by atoms with van der Waals surface area (Å²) in [6, 6.07) is 8.33. The highest BCUT2D eigenvalue weighted by Gasteiger charge is 2.11. The standard InChI is InChI=1S/C17H19N3OS.C12H20FN3.C3H8/c1-3-7-21-15-6-5-12(8-11(15)4-2)13-9-14-16(19-10-13)22-17(18)20-14;1-8(2)12-9(3)15-11(16-10(12)4)7-14-6-5-13;1-3-2/h5-6,8-10H,3-4,7H2,1-2H3,(H2,18,20);8,14H,5-7H2,1-4H3;3H2,1-2H3. The number of anilines is 1. The molecule has 7 nitrogen and oxygen atoms in total. The Morgan fingerprint density at radius 1 is 1.00 bits per heavy atom. The van der Waals surface area contributed by atoms with E-state index in [0.717, 1.165) is 63.9 Å². The van der Waals surface area contributed by atoms with Gasteiger partial charge in [-0.15, -0.1) is 0 Å². The van der Waals surface area contributed by atoms with Crippen molar-refractivity contribution in [2.45, 2.75) is 87.1 Å². The predicted octanol–water partition coefficient (Wildman–Crippen LogP) is 7.98. The van der Waals surface area contributed by atoms with Crippen LogP contribution in [0.2, 0.25) is 0 Å². The lowest BCUT2D eigenvalue weighted by atomic mass is 10.0. The van der Waals surface area contributed by atoms with Crippen molar-refractivity contribution in [1.29, 1.82) is 0 Å². The minimum absolute atomic E-state index is 0.355. The molecule has 4 aromatic rings. The molecule has 0 amide bonds. The van der Waals surface area contributed by atoms with E-state index in [0.29, 0.717) is 24.1 Å². The van der Waals surface area contributed by atoms with Gasteiger partial charge in [-0.25, -0.2) is 24.3 Å². The largest absolute Gasteiger partial charge is 0.493 e. The van der Waals surface area contributed by atoms with Crippen LogP contribution in [0.5, 0.6) is 5.75 Å². The van der Waals surface area contributed by atoms with Crippen molar-refractivity contribution in [2.24, 2.45) is 0 Å².